The van der Waals surface area contributed by atoms with E-state index >= 15 is 0 Å². The summed E-state index contributed by atoms with van der Waals surface area (Å²) in [7, 11) is 2.16. The van der Waals surface area contributed by atoms with Crippen molar-refractivity contribution in [1.82, 2.24) is 15.2 Å². The zero-order chi connectivity index (χ0) is 16.8. The lowest BCUT2D eigenvalue weighted by Crippen LogP contribution is -2.59. The van der Waals surface area contributed by atoms with E-state index in [4.69, 9.17) is 9.72 Å². The van der Waals surface area contributed by atoms with Gasteiger partial charge in [-0.3, -0.25) is 0 Å². The maximum atomic E-state index is 5.54. The fourth-order valence-electron chi connectivity index (χ4n) is 3.84. The average molecular weight is 357 g/mol. The number of hydrogen-bond donors (Lipinski definition) is 0. The van der Waals surface area contributed by atoms with Crippen LogP contribution in [0.25, 0.3) is 0 Å². The number of aryl methyl sites for hydroxylation is 2. The van der Waals surface area contributed by atoms with Gasteiger partial charge < -0.3 is 14.5 Å². The Bertz CT molecular complexity index is 762. The van der Waals surface area contributed by atoms with Gasteiger partial charge in [0.1, 0.15) is 0 Å². The zero-order valence-corrected chi connectivity index (χ0v) is 15.4. The number of thiazole rings is 1. The van der Waals surface area contributed by atoms with E-state index in [1.54, 1.807) is 11.3 Å². The van der Waals surface area contributed by atoms with Crippen LogP contribution in [0.3, 0.4) is 0 Å². The third-order valence-electron chi connectivity index (χ3n) is 5.58. The molecule has 132 valence electrons. The van der Waals surface area contributed by atoms with Crippen molar-refractivity contribution < 1.29 is 4.74 Å². The number of likely N-dealkylation sites (N-methyl/N-ethyl adjacent to an activating group) is 1. The number of fused-ring (bicyclic) bond motifs is 2. The molecule has 3 aliphatic rings. The summed E-state index contributed by atoms with van der Waals surface area (Å²) in [6.07, 6.45) is 5.72. The van der Waals surface area contributed by atoms with Gasteiger partial charge in [-0.1, -0.05) is 11.3 Å². The molecule has 4 heterocycles. The lowest BCUT2D eigenvalue weighted by atomic mass is 9.96. The Morgan fingerprint density at radius 2 is 2.04 bits per heavy atom. The Kier molecular flexibility index (Phi) is 3.86. The largest absolute Gasteiger partial charge is 0.375 e. The van der Waals surface area contributed by atoms with E-state index in [2.05, 4.69) is 33.1 Å². The summed E-state index contributed by atoms with van der Waals surface area (Å²) in [5.41, 5.74) is 3.84. The Morgan fingerprint density at radius 1 is 1.16 bits per heavy atom. The quantitative estimate of drug-likeness (QED) is 0.839. The van der Waals surface area contributed by atoms with Crippen LogP contribution >= 0.6 is 11.3 Å². The number of nitrogens with zero attached hydrogens (tertiary/aromatic N) is 5. The summed E-state index contributed by atoms with van der Waals surface area (Å²) in [5.74, 6) is 1.04. The molecule has 5 rings (SSSR count). The molecule has 1 saturated heterocycles. The molecule has 2 aromatic heterocycles. The van der Waals surface area contributed by atoms with E-state index in [0.29, 0.717) is 6.04 Å². The van der Waals surface area contributed by atoms with Crippen LogP contribution in [0.15, 0.2) is 6.07 Å². The van der Waals surface area contributed by atoms with E-state index in [9.17, 15) is 0 Å². The maximum Gasteiger partial charge on any atom is 0.185 e. The number of hydrogen-bond acceptors (Lipinski definition) is 7. The van der Waals surface area contributed by atoms with Gasteiger partial charge in [-0.25, -0.2) is 4.98 Å². The normalized spacial score (nSPS) is 20.0. The Morgan fingerprint density at radius 3 is 2.92 bits per heavy atom. The summed E-state index contributed by atoms with van der Waals surface area (Å²) in [4.78, 5) is 10.8. The van der Waals surface area contributed by atoms with Gasteiger partial charge in [0.2, 0.25) is 0 Å². The van der Waals surface area contributed by atoms with Crippen LogP contribution in [0.4, 0.5) is 10.9 Å². The van der Waals surface area contributed by atoms with Crippen LogP contribution < -0.4 is 9.80 Å². The maximum absolute atomic E-state index is 5.54. The van der Waals surface area contributed by atoms with Gasteiger partial charge in [-0.2, -0.15) is 5.10 Å². The van der Waals surface area contributed by atoms with Crippen molar-refractivity contribution in [3.63, 3.8) is 0 Å². The summed E-state index contributed by atoms with van der Waals surface area (Å²) < 4.78 is 5.54. The molecule has 0 unspecified atom stereocenters. The van der Waals surface area contributed by atoms with Gasteiger partial charge in [0.05, 0.1) is 35.5 Å². The highest BCUT2D eigenvalue weighted by atomic mass is 32.1. The van der Waals surface area contributed by atoms with Crippen molar-refractivity contribution in [2.75, 3.05) is 36.5 Å². The molecule has 25 heavy (non-hydrogen) atoms. The molecular weight excluding hydrogens is 334 g/mol. The van der Waals surface area contributed by atoms with Crippen LogP contribution in [0.1, 0.15) is 34.7 Å². The van der Waals surface area contributed by atoms with Crippen molar-refractivity contribution in [1.29, 1.82) is 0 Å². The molecule has 0 bridgehead atoms. The molecule has 1 fully saturated rings. The van der Waals surface area contributed by atoms with Crippen LogP contribution in [-0.2, 0) is 30.6 Å². The predicted molar refractivity (Wildman–Crippen MR) is 98.6 cm³/mol. The minimum atomic E-state index is 0.492. The second kappa shape index (κ2) is 6.21. The minimum absolute atomic E-state index is 0.492. The predicted octanol–water partition coefficient (Wildman–Crippen LogP) is 2.21. The zero-order valence-electron chi connectivity index (χ0n) is 14.6. The van der Waals surface area contributed by atoms with Gasteiger partial charge >= 0.3 is 0 Å². The molecule has 0 spiro atoms. The highest BCUT2D eigenvalue weighted by Gasteiger charge is 2.33. The van der Waals surface area contributed by atoms with Crippen molar-refractivity contribution in [3.05, 3.63) is 27.9 Å². The average Bonchev–Trinajstić information content (AvgIpc) is 3.04. The van der Waals surface area contributed by atoms with Gasteiger partial charge in [-0.05, 0) is 37.3 Å². The third-order valence-corrected chi connectivity index (χ3v) is 6.74. The molecule has 0 saturated carbocycles. The number of rotatable bonds is 3. The van der Waals surface area contributed by atoms with Crippen molar-refractivity contribution >= 4 is 22.3 Å². The van der Waals surface area contributed by atoms with Crippen LogP contribution in [0.2, 0.25) is 0 Å². The van der Waals surface area contributed by atoms with E-state index in [1.807, 2.05) is 0 Å². The summed E-state index contributed by atoms with van der Waals surface area (Å²) in [6.45, 7) is 3.51. The van der Waals surface area contributed by atoms with Gasteiger partial charge in [-0.15, -0.1) is 5.10 Å². The lowest BCUT2D eigenvalue weighted by Gasteiger charge is -2.44. The molecule has 7 heteroatoms. The van der Waals surface area contributed by atoms with Crippen LogP contribution in [-0.4, -0.2) is 48.0 Å². The smallest absolute Gasteiger partial charge is 0.185 e. The van der Waals surface area contributed by atoms with Gasteiger partial charge in [0.25, 0.3) is 0 Å². The first-order chi connectivity index (χ1) is 12.3. The molecule has 2 aliphatic heterocycles. The first-order valence-electron chi connectivity index (χ1n) is 9.17. The van der Waals surface area contributed by atoms with Crippen molar-refractivity contribution in [3.8, 4) is 0 Å². The Balaban J connectivity index is 1.26. The molecule has 0 atom stereocenters. The monoisotopic (exact) mass is 357 g/mol. The molecule has 0 N–H and O–H groups in total. The Hall–Kier alpha value is -1.73. The first kappa shape index (κ1) is 15.5. The second-order valence-corrected chi connectivity index (χ2v) is 8.28. The highest BCUT2D eigenvalue weighted by molar-refractivity contribution is 7.15. The van der Waals surface area contributed by atoms with E-state index in [-0.39, 0.29) is 0 Å². The van der Waals surface area contributed by atoms with Crippen LogP contribution in [0, 0.1) is 0 Å². The molecular formula is C18H23N5OS. The SMILES string of the molecule is CN(c1nc2c(s1)COCC2)C1CN(c2cc3c(nn2)CCCC3)C1. The molecule has 0 radical (unpaired) electrons. The van der Waals surface area contributed by atoms with E-state index < -0.39 is 0 Å². The summed E-state index contributed by atoms with van der Waals surface area (Å²) in [6, 6.07) is 2.75. The highest BCUT2D eigenvalue weighted by Crippen LogP contribution is 2.33. The van der Waals surface area contributed by atoms with Crippen molar-refractivity contribution in [2.45, 2.75) is 44.8 Å². The lowest BCUT2D eigenvalue weighted by molar-refractivity contribution is 0.112. The topological polar surface area (TPSA) is 54.4 Å². The number of ether oxygens (including phenoxy) is 1. The van der Waals surface area contributed by atoms with E-state index in [0.717, 1.165) is 56.5 Å². The molecule has 1 aliphatic carbocycles. The summed E-state index contributed by atoms with van der Waals surface area (Å²) in [5, 5.41) is 10.0. The van der Waals surface area contributed by atoms with Crippen LogP contribution in [0.5, 0.6) is 0 Å². The summed E-state index contributed by atoms with van der Waals surface area (Å²) >= 11 is 1.78. The molecule has 6 nitrogen and oxygen atoms in total. The molecule has 2 aromatic rings. The third kappa shape index (κ3) is 2.79. The number of anilines is 2. The van der Waals surface area contributed by atoms with Gasteiger partial charge in [0.15, 0.2) is 10.9 Å². The molecule has 0 amide bonds. The fourth-order valence-corrected chi connectivity index (χ4v) is 4.92. The van der Waals surface area contributed by atoms with Gasteiger partial charge in [0, 0.05) is 26.6 Å². The molecule has 0 aromatic carbocycles. The second-order valence-electron chi connectivity index (χ2n) is 7.22. The first-order valence-corrected chi connectivity index (χ1v) is 9.99. The van der Waals surface area contributed by atoms with E-state index in [1.165, 1.54) is 34.7 Å². The minimum Gasteiger partial charge on any atom is -0.375 e. The fraction of sp³-hybridized carbons (Fsp3) is 0.611. The number of aromatic nitrogens is 3. The Labute approximate surface area is 151 Å². The van der Waals surface area contributed by atoms with Crippen molar-refractivity contribution in [2.24, 2.45) is 0 Å². The standard InChI is InChI=1S/C18H23N5OS/c1-22(18-19-15-6-7-24-11-16(15)25-18)13-9-23(10-13)17-8-12-4-2-3-5-14(12)20-21-17/h8,13H,2-7,9-11H2,1H3.